The van der Waals surface area contributed by atoms with E-state index < -0.39 is 10.0 Å². The Balaban J connectivity index is 2.33. The van der Waals surface area contributed by atoms with Gasteiger partial charge in [-0.05, 0) is 30.2 Å². The third-order valence-corrected chi connectivity index (χ3v) is 3.91. The van der Waals surface area contributed by atoms with Gasteiger partial charge in [0.05, 0.1) is 4.90 Å². The van der Waals surface area contributed by atoms with Gasteiger partial charge in [-0.15, -0.1) is 0 Å². The summed E-state index contributed by atoms with van der Waals surface area (Å²) in [7, 11) is -3.62. The summed E-state index contributed by atoms with van der Waals surface area (Å²) >= 11 is 0. The van der Waals surface area contributed by atoms with E-state index in [9.17, 15) is 8.42 Å². The number of hydrogen-bond donors (Lipinski definition) is 3. The number of aryl methyl sites for hydroxylation is 1. The zero-order valence-electron chi connectivity index (χ0n) is 9.84. The van der Waals surface area contributed by atoms with Crippen LogP contribution in [0.4, 0.5) is 5.95 Å². The Bertz CT molecular complexity index is 635. The predicted octanol–water partition coefficient (Wildman–Crippen LogP) is 0.978. The lowest BCUT2D eigenvalue weighted by Gasteiger charge is -2.08. The second-order valence-corrected chi connectivity index (χ2v) is 5.52. The number of rotatable bonds is 4. The van der Waals surface area contributed by atoms with Crippen LogP contribution in [0.15, 0.2) is 35.5 Å². The Kier molecular flexibility index (Phi) is 3.35. The van der Waals surface area contributed by atoms with Crippen molar-refractivity contribution >= 4 is 16.0 Å². The number of anilines is 1. The van der Waals surface area contributed by atoms with Gasteiger partial charge in [0.25, 0.3) is 10.0 Å². The number of aromatic amines is 1. The second kappa shape index (κ2) is 4.79. The lowest BCUT2D eigenvalue weighted by Crippen LogP contribution is -2.14. The molecule has 0 bridgehead atoms. The Morgan fingerprint density at radius 3 is 2.78 bits per heavy atom. The van der Waals surface area contributed by atoms with Crippen LogP contribution in [0.1, 0.15) is 11.1 Å². The SMILES string of the molecule is Cc1cc(S(=O)(=O)Nc2ncc[nH]2)ccc1CN. The standard InChI is InChI=1S/C11H14N4O2S/c1-8-6-10(3-2-9(8)7-12)18(16,17)15-11-13-4-5-14-11/h2-6H,7,12H2,1H3,(H2,13,14,15). The number of nitrogens with one attached hydrogen (secondary N) is 2. The molecule has 0 amide bonds. The van der Waals surface area contributed by atoms with Crippen molar-refractivity contribution < 1.29 is 8.42 Å². The van der Waals surface area contributed by atoms with Gasteiger partial charge in [-0.1, -0.05) is 6.07 Å². The molecule has 0 radical (unpaired) electrons. The van der Waals surface area contributed by atoms with Crippen LogP contribution in [-0.4, -0.2) is 18.4 Å². The molecule has 0 aliphatic carbocycles. The Morgan fingerprint density at radius 1 is 1.44 bits per heavy atom. The molecule has 18 heavy (non-hydrogen) atoms. The summed E-state index contributed by atoms with van der Waals surface area (Å²) in [6.45, 7) is 2.21. The molecule has 0 unspecified atom stereocenters. The van der Waals surface area contributed by atoms with Crippen LogP contribution in [0.25, 0.3) is 0 Å². The van der Waals surface area contributed by atoms with Crippen LogP contribution in [0, 0.1) is 6.92 Å². The highest BCUT2D eigenvalue weighted by Gasteiger charge is 2.15. The average molecular weight is 266 g/mol. The zero-order valence-corrected chi connectivity index (χ0v) is 10.7. The van der Waals surface area contributed by atoms with Crippen molar-refractivity contribution in [2.45, 2.75) is 18.4 Å². The minimum Gasteiger partial charge on any atom is -0.330 e. The molecule has 4 N–H and O–H groups in total. The van der Waals surface area contributed by atoms with Gasteiger partial charge in [0.2, 0.25) is 5.95 Å². The molecule has 0 aliphatic rings. The molecule has 0 saturated heterocycles. The topological polar surface area (TPSA) is 101 Å². The van der Waals surface area contributed by atoms with E-state index in [0.717, 1.165) is 11.1 Å². The van der Waals surface area contributed by atoms with E-state index in [4.69, 9.17) is 5.73 Å². The van der Waals surface area contributed by atoms with Crippen molar-refractivity contribution in [2.24, 2.45) is 5.73 Å². The molecule has 7 heteroatoms. The monoisotopic (exact) mass is 266 g/mol. The summed E-state index contributed by atoms with van der Waals surface area (Å²) in [6.07, 6.45) is 3.02. The first-order chi connectivity index (χ1) is 8.53. The van der Waals surface area contributed by atoms with Gasteiger partial charge in [0, 0.05) is 18.9 Å². The van der Waals surface area contributed by atoms with Gasteiger partial charge in [-0.3, -0.25) is 0 Å². The maximum atomic E-state index is 12.0. The fourth-order valence-corrected chi connectivity index (χ4v) is 2.63. The molecule has 0 aliphatic heterocycles. The Labute approximate surface area is 105 Å². The van der Waals surface area contributed by atoms with Crippen LogP contribution < -0.4 is 10.5 Å². The largest absolute Gasteiger partial charge is 0.330 e. The molecule has 96 valence electrons. The van der Waals surface area contributed by atoms with E-state index in [-0.39, 0.29) is 10.8 Å². The highest BCUT2D eigenvalue weighted by molar-refractivity contribution is 7.92. The van der Waals surface area contributed by atoms with Gasteiger partial charge in [-0.2, -0.15) is 0 Å². The Hall–Kier alpha value is -1.86. The van der Waals surface area contributed by atoms with E-state index in [0.29, 0.717) is 6.54 Å². The van der Waals surface area contributed by atoms with Crippen molar-refractivity contribution in [3.05, 3.63) is 41.7 Å². The van der Waals surface area contributed by atoms with Crippen molar-refractivity contribution in [3.8, 4) is 0 Å². The molecular weight excluding hydrogens is 252 g/mol. The maximum Gasteiger partial charge on any atom is 0.264 e. The number of benzene rings is 1. The van der Waals surface area contributed by atoms with E-state index in [1.54, 1.807) is 18.3 Å². The highest BCUT2D eigenvalue weighted by atomic mass is 32.2. The van der Waals surface area contributed by atoms with Crippen molar-refractivity contribution in [2.75, 3.05) is 4.72 Å². The summed E-state index contributed by atoms with van der Waals surface area (Å²) < 4.78 is 26.5. The molecule has 2 aromatic rings. The number of hydrogen-bond acceptors (Lipinski definition) is 4. The summed E-state index contributed by atoms with van der Waals surface area (Å²) in [4.78, 5) is 6.68. The normalized spacial score (nSPS) is 11.4. The lowest BCUT2D eigenvalue weighted by atomic mass is 10.1. The van der Waals surface area contributed by atoms with Gasteiger partial charge < -0.3 is 10.7 Å². The molecule has 1 heterocycles. The number of H-pyrrole nitrogens is 1. The smallest absolute Gasteiger partial charge is 0.264 e. The first kappa shape index (κ1) is 12.6. The van der Waals surface area contributed by atoms with E-state index >= 15 is 0 Å². The molecule has 0 saturated carbocycles. The fourth-order valence-electron chi connectivity index (χ4n) is 1.57. The summed E-state index contributed by atoms with van der Waals surface area (Å²) in [6, 6.07) is 4.83. The minimum absolute atomic E-state index is 0.189. The molecule has 0 fully saturated rings. The van der Waals surface area contributed by atoms with E-state index in [2.05, 4.69) is 14.7 Å². The van der Waals surface area contributed by atoms with Gasteiger partial charge in [0.15, 0.2) is 0 Å². The predicted molar refractivity (Wildman–Crippen MR) is 68.5 cm³/mol. The summed E-state index contributed by atoms with van der Waals surface area (Å²) in [5.74, 6) is 0.190. The molecule has 0 spiro atoms. The maximum absolute atomic E-state index is 12.0. The molecule has 6 nitrogen and oxygen atoms in total. The van der Waals surface area contributed by atoms with Gasteiger partial charge in [-0.25, -0.2) is 18.1 Å². The minimum atomic E-state index is -3.62. The first-order valence-corrected chi connectivity index (χ1v) is 6.83. The number of imidazole rings is 1. The average Bonchev–Trinajstić information content (AvgIpc) is 2.81. The molecule has 1 aromatic carbocycles. The van der Waals surface area contributed by atoms with Gasteiger partial charge >= 0.3 is 0 Å². The number of sulfonamides is 1. The van der Waals surface area contributed by atoms with E-state index in [1.165, 1.54) is 12.3 Å². The van der Waals surface area contributed by atoms with Crippen molar-refractivity contribution in [1.29, 1.82) is 0 Å². The molecular formula is C11H14N4O2S. The summed E-state index contributed by atoms with van der Waals surface area (Å²) in [5, 5.41) is 0. The third kappa shape index (κ3) is 2.52. The van der Waals surface area contributed by atoms with Crippen LogP contribution in [0.5, 0.6) is 0 Å². The number of aromatic nitrogens is 2. The third-order valence-electron chi connectivity index (χ3n) is 2.57. The van der Waals surface area contributed by atoms with Crippen LogP contribution >= 0.6 is 0 Å². The van der Waals surface area contributed by atoms with Crippen LogP contribution in [0.3, 0.4) is 0 Å². The Morgan fingerprint density at radius 2 is 2.22 bits per heavy atom. The quantitative estimate of drug-likeness (QED) is 0.767. The van der Waals surface area contributed by atoms with E-state index in [1.807, 2.05) is 6.92 Å². The van der Waals surface area contributed by atoms with Gasteiger partial charge in [0.1, 0.15) is 0 Å². The number of nitrogens with two attached hydrogens (primary N) is 1. The zero-order chi connectivity index (χ0) is 13.2. The van der Waals surface area contributed by atoms with Crippen molar-refractivity contribution in [3.63, 3.8) is 0 Å². The number of nitrogens with zero attached hydrogens (tertiary/aromatic N) is 1. The molecule has 1 aromatic heterocycles. The van der Waals surface area contributed by atoms with Crippen molar-refractivity contribution in [1.82, 2.24) is 9.97 Å². The highest BCUT2D eigenvalue weighted by Crippen LogP contribution is 2.17. The van der Waals surface area contributed by atoms with Crippen LogP contribution in [-0.2, 0) is 16.6 Å². The summed E-state index contributed by atoms with van der Waals surface area (Å²) in [5.41, 5.74) is 7.31. The lowest BCUT2D eigenvalue weighted by molar-refractivity contribution is 0.600. The first-order valence-electron chi connectivity index (χ1n) is 5.35. The molecule has 0 atom stereocenters. The fraction of sp³-hybridized carbons (Fsp3) is 0.182. The molecule has 2 rings (SSSR count). The van der Waals surface area contributed by atoms with Crippen LogP contribution in [0.2, 0.25) is 0 Å². The second-order valence-electron chi connectivity index (χ2n) is 3.84.